The van der Waals surface area contributed by atoms with Crippen LogP contribution in [0.15, 0.2) is 30.5 Å². The van der Waals surface area contributed by atoms with Crippen LogP contribution in [-0.2, 0) is 0 Å². The van der Waals surface area contributed by atoms with Crippen molar-refractivity contribution in [3.8, 4) is 0 Å². The number of nitrogens with zero attached hydrogens (tertiary/aromatic N) is 3. The van der Waals surface area contributed by atoms with Crippen molar-refractivity contribution in [1.82, 2.24) is 25.5 Å². The summed E-state index contributed by atoms with van der Waals surface area (Å²) in [4.78, 5) is 9.41. The average Bonchev–Trinajstić information content (AvgIpc) is 3.12. The first-order valence-electron chi connectivity index (χ1n) is 10.2. The van der Waals surface area contributed by atoms with Gasteiger partial charge in [0, 0.05) is 47.5 Å². The van der Waals surface area contributed by atoms with Gasteiger partial charge in [0.2, 0.25) is 0 Å². The van der Waals surface area contributed by atoms with Crippen molar-refractivity contribution in [2.24, 2.45) is 0 Å². The molecular weight excluding hydrogens is 350 g/mol. The zero-order valence-electron chi connectivity index (χ0n) is 16.8. The number of hydrogen-bond acceptors (Lipinski definition) is 6. The highest BCUT2D eigenvalue weighted by molar-refractivity contribution is 5.91. The minimum atomic E-state index is 0.398. The molecule has 1 fully saturated rings. The van der Waals surface area contributed by atoms with E-state index in [1.165, 1.54) is 0 Å². The lowest BCUT2D eigenvalue weighted by atomic mass is 9.91. The van der Waals surface area contributed by atoms with E-state index in [0.717, 1.165) is 59.7 Å². The van der Waals surface area contributed by atoms with Crippen molar-refractivity contribution < 1.29 is 0 Å². The Morgan fingerprint density at radius 1 is 1.11 bits per heavy atom. The molecule has 4 heterocycles. The maximum absolute atomic E-state index is 4.86. The SMILES string of the molecule is CC[C@@H]1CC(Nc2nc(Nc3cc(C)[nH]n3)cc3ncccc23)C[C@H](CC)N1. The summed E-state index contributed by atoms with van der Waals surface area (Å²) < 4.78 is 0. The van der Waals surface area contributed by atoms with Crippen molar-refractivity contribution in [1.29, 1.82) is 0 Å². The van der Waals surface area contributed by atoms with Crippen LogP contribution in [0, 0.1) is 6.92 Å². The quantitative estimate of drug-likeness (QED) is 0.515. The van der Waals surface area contributed by atoms with Crippen molar-refractivity contribution in [2.75, 3.05) is 10.6 Å². The summed E-state index contributed by atoms with van der Waals surface area (Å²) in [5, 5.41) is 19.0. The number of fused-ring (bicyclic) bond motifs is 1. The molecule has 1 aliphatic heterocycles. The van der Waals surface area contributed by atoms with E-state index in [4.69, 9.17) is 4.98 Å². The molecule has 148 valence electrons. The fourth-order valence-electron chi connectivity index (χ4n) is 4.00. The zero-order chi connectivity index (χ0) is 19.5. The first-order valence-corrected chi connectivity index (χ1v) is 10.2. The van der Waals surface area contributed by atoms with Crippen LogP contribution in [0.4, 0.5) is 17.5 Å². The fraction of sp³-hybridized carbons (Fsp3) is 0.476. The van der Waals surface area contributed by atoms with Crippen molar-refractivity contribution in [2.45, 2.75) is 64.6 Å². The first kappa shape index (κ1) is 18.7. The smallest absolute Gasteiger partial charge is 0.153 e. The highest BCUT2D eigenvalue weighted by atomic mass is 15.2. The van der Waals surface area contributed by atoms with E-state index >= 15 is 0 Å². The summed E-state index contributed by atoms with van der Waals surface area (Å²) >= 11 is 0. The second kappa shape index (κ2) is 8.14. The lowest BCUT2D eigenvalue weighted by molar-refractivity contribution is 0.290. The molecular formula is C21H29N7. The number of hydrogen-bond donors (Lipinski definition) is 4. The Morgan fingerprint density at radius 2 is 1.89 bits per heavy atom. The van der Waals surface area contributed by atoms with Crippen molar-refractivity contribution in [3.05, 3.63) is 36.2 Å². The monoisotopic (exact) mass is 379 g/mol. The summed E-state index contributed by atoms with van der Waals surface area (Å²) in [6, 6.07) is 9.47. The lowest BCUT2D eigenvalue weighted by Crippen LogP contribution is -2.49. The van der Waals surface area contributed by atoms with Gasteiger partial charge in [-0.2, -0.15) is 5.10 Å². The fourth-order valence-corrected chi connectivity index (χ4v) is 4.00. The van der Waals surface area contributed by atoms with E-state index in [2.05, 4.69) is 51.0 Å². The summed E-state index contributed by atoms with van der Waals surface area (Å²) in [5.74, 6) is 2.38. The predicted molar refractivity (Wildman–Crippen MR) is 114 cm³/mol. The van der Waals surface area contributed by atoms with E-state index in [1.807, 2.05) is 31.3 Å². The molecule has 1 unspecified atom stereocenters. The number of piperidine rings is 1. The van der Waals surface area contributed by atoms with Gasteiger partial charge in [0.05, 0.1) is 5.52 Å². The second-order valence-electron chi connectivity index (χ2n) is 7.68. The molecule has 0 aromatic carbocycles. The van der Waals surface area contributed by atoms with Gasteiger partial charge in [-0.1, -0.05) is 13.8 Å². The molecule has 0 spiro atoms. The molecule has 4 rings (SSSR count). The van der Waals surface area contributed by atoms with Gasteiger partial charge in [-0.3, -0.25) is 10.1 Å². The maximum atomic E-state index is 4.86. The molecule has 0 saturated carbocycles. The number of aryl methyl sites for hydroxylation is 1. The summed E-state index contributed by atoms with van der Waals surface area (Å²) in [5.41, 5.74) is 1.92. The third kappa shape index (κ3) is 4.09. The molecule has 7 nitrogen and oxygen atoms in total. The predicted octanol–water partition coefficient (Wildman–Crippen LogP) is 4.13. The highest BCUT2D eigenvalue weighted by Crippen LogP contribution is 2.28. The standard InChI is InChI=1S/C21H29N7/c1-4-14-10-16(11-15(5-2)23-14)24-21-17-7-6-8-22-18(17)12-19(26-21)25-20-9-13(3)27-28-20/h6-9,12,14-16,23H,4-5,10-11H2,1-3H3,(H3,24,25,26,27,28)/t14-,15+,16?. The molecule has 0 aliphatic carbocycles. The van der Waals surface area contributed by atoms with Crippen LogP contribution < -0.4 is 16.0 Å². The van der Waals surface area contributed by atoms with Gasteiger partial charge in [-0.25, -0.2) is 4.98 Å². The van der Waals surface area contributed by atoms with Crippen LogP contribution in [0.2, 0.25) is 0 Å². The normalized spacial score (nSPS) is 22.3. The van der Waals surface area contributed by atoms with Crippen molar-refractivity contribution >= 4 is 28.4 Å². The summed E-state index contributed by atoms with van der Waals surface area (Å²) in [6.45, 7) is 6.48. The Balaban J connectivity index is 1.63. The Morgan fingerprint density at radius 3 is 2.57 bits per heavy atom. The maximum Gasteiger partial charge on any atom is 0.153 e. The molecule has 3 aromatic heterocycles. The molecule has 1 aliphatic rings. The molecule has 3 aromatic rings. The van der Waals surface area contributed by atoms with Crippen molar-refractivity contribution in [3.63, 3.8) is 0 Å². The van der Waals surface area contributed by atoms with Crippen LogP contribution in [0.1, 0.15) is 45.2 Å². The molecule has 0 radical (unpaired) electrons. The Bertz CT molecular complexity index is 923. The van der Waals surface area contributed by atoms with Gasteiger partial charge in [-0.15, -0.1) is 0 Å². The molecule has 1 saturated heterocycles. The van der Waals surface area contributed by atoms with Gasteiger partial charge >= 0.3 is 0 Å². The Kier molecular flexibility index (Phi) is 5.43. The molecule has 0 bridgehead atoms. The number of nitrogens with one attached hydrogen (secondary N) is 4. The first-order chi connectivity index (χ1) is 13.6. The third-order valence-electron chi connectivity index (χ3n) is 5.50. The summed E-state index contributed by atoms with van der Waals surface area (Å²) in [7, 11) is 0. The van der Waals surface area contributed by atoms with Crippen LogP contribution >= 0.6 is 0 Å². The number of aromatic nitrogens is 4. The second-order valence-corrected chi connectivity index (χ2v) is 7.68. The molecule has 4 N–H and O–H groups in total. The number of rotatable bonds is 6. The van der Waals surface area contributed by atoms with Gasteiger partial charge in [0.25, 0.3) is 0 Å². The van der Waals surface area contributed by atoms with E-state index in [0.29, 0.717) is 18.1 Å². The Hall–Kier alpha value is -2.67. The van der Waals surface area contributed by atoms with E-state index in [1.54, 1.807) is 0 Å². The van der Waals surface area contributed by atoms with Gasteiger partial charge in [-0.05, 0) is 44.7 Å². The highest BCUT2D eigenvalue weighted by Gasteiger charge is 2.27. The average molecular weight is 380 g/mol. The minimum absolute atomic E-state index is 0.398. The number of aromatic amines is 1. The zero-order valence-corrected chi connectivity index (χ0v) is 16.8. The minimum Gasteiger partial charge on any atom is -0.367 e. The lowest BCUT2D eigenvalue weighted by Gasteiger charge is -2.36. The molecule has 7 heteroatoms. The van der Waals surface area contributed by atoms with Gasteiger partial charge < -0.3 is 16.0 Å². The largest absolute Gasteiger partial charge is 0.367 e. The summed E-state index contributed by atoms with van der Waals surface area (Å²) in [6.07, 6.45) is 6.31. The molecule has 3 atom stereocenters. The topological polar surface area (TPSA) is 90.5 Å². The van der Waals surface area contributed by atoms with Gasteiger partial charge in [0.15, 0.2) is 5.82 Å². The third-order valence-corrected chi connectivity index (χ3v) is 5.50. The van der Waals surface area contributed by atoms with Crippen LogP contribution in [0.5, 0.6) is 0 Å². The van der Waals surface area contributed by atoms with E-state index in [9.17, 15) is 0 Å². The van der Waals surface area contributed by atoms with Crippen LogP contribution in [0.25, 0.3) is 10.9 Å². The van der Waals surface area contributed by atoms with E-state index < -0.39 is 0 Å². The molecule has 28 heavy (non-hydrogen) atoms. The Labute approximate surface area is 165 Å². The number of pyridine rings is 2. The number of H-pyrrole nitrogens is 1. The number of anilines is 3. The van der Waals surface area contributed by atoms with Crippen LogP contribution in [-0.4, -0.2) is 38.3 Å². The van der Waals surface area contributed by atoms with Crippen LogP contribution in [0.3, 0.4) is 0 Å². The molecule has 0 amide bonds. The van der Waals surface area contributed by atoms with Gasteiger partial charge in [0.1, 0.15) is 11.6 Å². The van der Waals surface area contributed by atoms with E-state index in [-0.39, 0.29) is 0 Å².